The fourth-order valence-electron chi connectivity index (χ4n) is 3.72. The van der Waals surface area contributed by atoms with Crippen molar-refractivity contribution in [1.82, 2.24) is 0 Å². The van der Waals surface area contributed by atoms with Gasteiger partial charge in [0, 0.05) is 0 Å². The molecule has 0 fully saturated rings. The molecule has 0 unspecified atom stereocenters. The Morgan fingerprint density at radius 3 is 1.03 bits per heavy atom. The van der Waals surface area contributed by atoms with E-state index >= 15 is 0 Å². The first kappa shape index (κ1) is 18.5. The molecule has 0 aliphatic carbocycles. The van der Waals surface area contributed by atoms with Crippen LogP contribution in [-0.4, -0.2) is 4.21 Å². The first-order chi connectivity index (χ1) is 14.8. The molecular weight excluding hydrogens is 384 g/mol. The van der Waals surface area contributed by atoms with Crippen LogP contribution in [0.15, 0.2) is 121 Å². The van der Waals surface area contributed by atoms with Gasteiger partial charge in [0.2, 0.25) is 0 Å². The summed E-state index contributed by atoms with van der Waals surface area (Å²) in [5, 5.41) is 0. The zero-order valence-corrected chi connectivity index (χ0v) is 17.2. The van der Waals surface area contributed by atoms with Crippen molar-refractivity contribution in [2.24, 2.45) is 0 Å². The van der Waals surface area contributed by atoms with Gasteiger partial charge in [-0.1, -0.05) is 109 Å². The maximum absolute atomic E-state index is 13.2. The van der Waals surface area contributed by atoms with Crippen LogP contribution in [0.5, 0.6) is 0 Å². The van der Waals surface area contributed by atoms with Crippen LogP contribution in [0.2, 0.25) is 0 Å². The lowest BCUT2D eigenvalue weighted by atomic mass is 10.0. The summed E-state index contributed by atoms with van der Waals surface area (Å²) in [6.07, 6.45) is 3.96. The molecule has 0 atom stereocenters. The topological polar surface area (TPSA) is 17.1 Å². The predicted molar refractivity (Wildman–Crippen MR) is 128 cm³/mol. The SMILES string of the molecule is O=S1C(c2ccc(-c3ccccc3)cc2)=CC=C1c1ccc(-c2ccccc2)cc1. The summed E-state index contributed by atoms with van der Waals surface area (Å²) in [5.41, 5.74) is 6.69. The molecule has 1 heterocycles. The van der Waals surface area contributed by atoms with Gasteiger partial charge in [-0.25, -0.2) is 4.21 Å². The number of allylic oxidation sites excluding steroid dienone is 2. The first-order valence-electron chi connectivity index (χ1n) is 9.95. The molecule has 1 aliphatic rings. The highest BCUT2D eigenvalue weighted by molar-refractivity contribution is 8.03. The summed E-state index contributed by atoms with van der Waals surface area (Å²) in [7, 11) is -1.18. The second kappa shape index (κ2) is 8.10. The van der Waals surface area contributed by atoms with E-state index in [1.807, 2.05) is 48.6 Å². The molecule has 5 rings (SSSR count). The van der Waals surface area contributed by atoms with Gasteiger partial charge in [-0.05, 0) is 45.5 Å². The summed E-state index contributed by atoms with van der Waals surface area (Å²) >= 11 is 0. The van der Waals surface area contributed by atoms with Gasteiger partial charge in [0.05, 0.1) is 20.6 Å². The van der Waals surface area contributed by atoms with Crippen molar-refractivity contribution in [3.05, 3.63) is 132 Å². The summed E-state index contributed by atoms with van der Waals surface area (Å²) in [4.78, 5) is 1.72. The van der Waals surface area contributed by atoms with Crippen LogP contribution in [0, 0.1) is 0 Å². The lowest BCUT2D eigenvalue weighted by molar-refractivity contribution is 0.694. The number of rotatable bonds is 4. The molecule has 0 N–H and O–H groups in total. The molecule has 4 aromatic carbocycles. The summed E-state index contributed by atoms with van der Waals surface area (Å²) in [6.45, 7) is 0. The van der Waals surface area contributed by atoms with Crippen LogP contribution in [0.4, 0.5) is 0 Å². The fourth-order valence-corrected chi connectivity index (χ4v) is 5.04. The molecule has 144 valence electrons. The second-order valence-electron chi connectivity index (χ2n) is 7.22. The maximum Gasteiger partial charge on any atom is 0.0861 e. The smallest absolute Gasteiger partial charge is 0.0861 e. The third-order valence-corrected chi connectivity index (χ3v) is 6.88. The van der Waals surface area contributed by atoms with Crippen molar-refractivity contribution in [3.8, 4) is 22.3 Å². The van der Waals surface area contributed by atoms with Crippen LogP contribution in [0.1, 0.15) is 11.1 Å². The molecule has 0 spiro atoms. The molecule has 1 aliphatic heterocycles. The molecule has 4 aromatic rings. The van der Waals surface area contributed by atoms with Crippen molar-refractivity contribution in [2.45, 2.75) is 0 Å². The Balaban J connectivity index is 1.35. The minimum atomic E-state index is -1.18. The molecule has 1 nitrogen and oxygen atoms in total. The van der Waals surface area contributed by atoms with Crippen molar-refractivity contribution >= 4 is 20.6 Å². The molecule has 0 radical (unpaired) electrons. The Kier molecular flexibility index (Phi) is 5.00. The Bertz CT molecular complexity index is 1150. The zero-order valence-electron chi connectivity index (χ0n) is 16.4. The van der Waals surface area contributed by atoms with Crippen molar-refractivity contribution in [2.75, 3.05) is 0 Å². The van der Waals surface area contributed by atoms with E-state index in [2.05, 4.69) is 72.8 Å². The van der Waals surface area contributed by atoms with E-state index in [0.717, 1.165) is 32.1 Å². The average Bonchev–Trinajstić information content (AvgIpc) is 3.22. The normalized spacial score (nSPS) is 13.7. The van der Waals surface area contributed by atoms with Crippen LogP contribution < -0.4 is 0 Å². The molecular formula is C28H20OS. The Morgan fingerprint density at radius 2 is 0.667 bits per heavy atom. The van der Waals surface area contributed by atoms with Crippen molar-refractivity contribution in [1.29, 1.82) is 0 Å². The van der Waals surface area contributed by atoms with Gasteiger partial charge in [-0.15, -0.1) is 0 Å². The quantitative estimate of drug-likeness (QED) is 0.352. The Labute approximate surface area is 179 Å². The highest BCUT2D eigenvalue weighted by atomic mass is 32.2. The van der Waals surface area contributed by atoms with Crippen LogP contribution in [0.25, 0.3) is 32.1 Å². The molecule has 0 aromatic heterocycles. The van der Waals surface area contributed by atoms with E-state index in [1.54, 1.807) is 0 Å². The van der Waals surface area contributed by atoms with Crippen molar-refractivity contribution < 1.29 is 4.21 Å². The highest BCUT2D eigenvalue weighted by Crippen LogP contribution is 2.36. The van der Waals surface area contributed by atoms with Crippen LogP contribution in [0.3, 0.4) is 0 Å². The van der Waals surface area contributed by atoms with Gasteiger partial charge < -0.3 is 0 Å². The van der Waals surface area contributed by atoms with E-state index in [0.29, 0.717) is 0 Å². The van der Waals surface area contributed by atoms with E-state index in [1.165, 1.54) is 11.1 Å². The van der Waals surface area contributed by atoms with Gasteiger partial charge in [-0.2, -0.15) is 0 Å². The van der Waals surface area contributed by atoms with E-state index in [4.69, 9.17) is 0 Å². The monoisotopic (exact) mass is 404 g/mol. The van der Waals surface area contributed by atoms with Gasteiger partial charge in [0.15, 0.2) is 0 Å². The largest absolute Gasteiger partial charge is 0.249 e. The Hall–Kier alpha value is -3.49. The molecule has 0 bridgehead atoms. The third kappa shape index (κ3) is 3.58. The molecule has 2 heteroatoms. The predicted octanol–water partition coefficient (Wildman–Crippen LogP) is 7.16. The van der Waals surface area contributed by atoms with E-state index in [-0.39, 0.29) is 0 Å². The molecule has 30 heavy (non-hydrogen) atoms. The lowest BCUT2D eigenvalue weighted by Gasteiger charge is -2.09. The first-order valence-corrected chi connectivity index (χ1v) is 11.1. The second-order valence-corrected chi connectivity index (χ2v) is 8.63. The summed E-state index contributed by atoms with van der Waals surface area (Å²) in [5.74, 6) is 0. The minimum Gasteiger partial charge on any atom is -0.249 e. The third-order valence-electron chi connectivity index (χ3n) is 5.34. The van der Waals surface area contributed by atoms with Gasteiger partial charge in [0.1, 0.15) is 0 Å². The summed E-state index contributed by atoms with van der Waals surface area (Å²) in [6, 6.07) is 37.2. The summed E-state index contributed by atoms with van der Waals surface area (Å²) < 4.78 is 13.2. The van der Waals surface area contributed by atoms with Crippen LogP contribution in [-0.2, 0) is 10.8 Å². The maximum atomic E-state index is 13.2. The lowest BCUT2D eigenvalue weighted by Crippen LogP contribution is -1.94. The van der Waals surface area contributed by atoms with Crippen LogP contribution >= 0.6 is 0 Å². The molecule has 0 saturated carbocycles. The van der Waals surface area contributed by atoms with E-state index in [9.17, 15) is 4.21 Å². The molecule has 0 saturated heterocycles. The number of hydrogen-bond acceptors (Lipinski definition) is 1. The highest BCUT2D eigenvalue weighted by Gasteiger charge is 2.21. The standard InChI is InChI=1S/C28H20OS/c29-30-27(25-15-11-23(12-16-25)21-7-3-1-4-8-21)19-20-28(30)26-17-13-24(14-18-26)22-9-5-2-6-10-22/h1-20H. The van der Waals surface area contributed by atoms with Crippen molar-refractivity contribution in [3.63, 3.8) is 0 Å². The number of benzene rings is 4. The van der Waals surface area contributed by atoms with Gasteiger partial charge in [-0.3, -0.25) is 0 Å². The minimum absolute atomic E-state index is 0.858. The zero-order chi connectivity index (χ0) is 20.3. The number of hydrogen-bond donors (Lipinski definition) is 0. The van der Waals surface area contributed by atoms with Gasteiger partial charge >= 0.3 is 0 Å². The van der Waals surface area contributed by atoms with Gasteiger partial charge in [0.25, 0.3) is 0 Å². The Morgan fingerprint density at radius 1 is 0.367 bits per heavy atom. The molecule has 0 amide bonds. The average molecular weight is 405 g/mol. The fraction of sp³-hybridized carbons (Fsp3) is 0. The van der Waals surface area contributed by atoms with E-state index < -0.39 is 10.8 Å².